The summed E-state index contributed by atoms with van der Waals surface area (Å²) in [6, 6.07) is 16.2. The average molecular weight is 418 g/mol. The third-order valence-electron chi connectivity index (χ3n) is 4.97. The maximum absolute atomic E-state index is 13.2. The van der Waals surface area contributed by atoms with Crippen molar-refractivity contribution in [3.8, 4) is 17.2 Å². The van der Waals surface area contributed by atoms with Crippen molar-refractivity contribution >= 4 is 23.1 Å². The molecule has 0 unspecified atom stereocenters. The van der Waals surface area contributed by atoms with Crippen LogP contribution in [-0.2, 0) is 0 Å². The zero-order chi connectivity index (χ0) is 21.4. The molecule has 0 atom stereocenters. The molecule has 1 fully saturated rings. The fourth-order valence-electron chi connectivity index (χ4n) is 3.27. The molecule has 0 spiro atoms. The van der Waals surface area contributed by atoms with E-state index in [-0.39, 0.29) is 17.0 Å². The molecule has 2 aromatic heterocycles. The SMILES string of the molecule is Nc1ncnc2c1n(-c1ccc(Oc3ccccc3)cc1)c(=O)n2OC(=O)N1CCC1. The Labute approximate surface area is 176 Å². The molecular formula is C21H18N6O4. The van der Waals surface area contributed by atoms with Crippen LogP contribution in [0.25, 0.3) is 16.9 Å². The third kappa shape index (κ3) is 3.33. The number of nitrogen functional groups attached to an aromatic ring is 1. The van der Waals surface area contributed by atoms with Crippen molar-refractivity contribution in [1.82, 2.24) is 24.2 Å². The Morgan fingerprint density at radius 3 is 2.35 bits per heavy atom. The Morgan fingerprint density at radius 2 is 1.68 bits per heavy atom. The van der Waals surface area contributed by atoms with Crippen LogP contribution in [0.5, 0.6) is 11.5 Å². The summed E-state index contributed by atoms with van der Waals surface area (Å²) in [6.45, 7) is 1.18. The lowest BCUT2D eigenvalue weighted by atomic mass is 10.2. The van der Waals surface area contributed by atoms with Gasteiger partial charge in [0, 0.05) is 13.1 Å². The molecule has 1 aliphatic heterocycles. The van der Waals surface area contributed by atoms with Crippen LogP contribution in [0.15, 0.2) is 65.7 Å². The Morgan fingerprint density at radius 1 is 0.968 bits per heavy atom. The van der Waals surface area contributed by atoms with Crippen molar-refractivity contribution in [3.05, 3.63) is 71.4 Å². The first kappa shape index (κ1) is 18.7. The summed E-state index contributed by atoms with van der Waals surface area (Å²) in [5.41, 5.74) is 6.27. The number of rotatable bonds is 4. The fourth-order valence-corrected chi connectivity index (χ4v) is 3.27. The summed E-state index contributed by atoms with van der Waals surface area (Å²) in [4.78, 5) is 40.3. The molecule has 3 heterocycles. The zero-order valence-corrected chi connectivity index (χ0v) is 16.3. The summed E-state index contributed by atoms with van der Waals surface area (Å²) in [7, 11) is 0. The molecule has 0 bridgehead atoms. The fraction of sp³-hybridized carbons (Fsp3) is 0.143. The predicted molar refractivity (Wildman–Crippen MR) is 112 cm³/mol. The Hall–Kier alpha value is -4.34. The molecule has 0 saturated carbocycles. The molecule has 10 heteroatoms. The number of fused-ring (bicyclic) bond motifs is 1. The summed E-state index contributed by atoms with van der Waals surface area (Å²) in [5.74, 6) is 1.38. The van der Waals surface area contributed by atoms with E-state index >= 15 is 0 Å². The number of benzene rings is 2. The number of likely N-dealkylation sites (tertiary alicyclic amines) is 1. The number of amides is 1. The van der Waals surface area contributed by atoms with Gasteiger partial charge in [-0.05, 0) is 42.8 Å². The van der Waals surface area contributed by atoms with Gasteiger partial charge in [-0.15, -0.1) is 0 Å². The van der Waals surface area contributed by atoms with Crippen molar-refractivity contribution in [3.63, 3.8) is 0 Å². The topological polar surface area (TPSA) is 118 Å². The molecule has 31 heavy (non-hydrogen) atoms. The van der Waals surface area contributed by atoms with E-state index in [0.717, 1.165) is 11.2 Å². The van der Waals surface area contributed by atoms with Crippen molar-refractivity contribution < 1.29 is 14.4 Å². The highest BCUT2D eigenvalue weighted by molar-refractivity contribution is 5.84. The average Bonchev–Trinajstić information content (AvgIpc) is 3.01. The van der Waals surface area contributed by atoms with Crippen LogP contribution in [0.1, 0.15) is 6.42 Å². The number of para-hydroxylation sites is 1. The minimum absolute atomic E-state index is 0.0884. The Bertz CT molecular complexity index is 1310. The van der Waals surface area contributed by atoms with E-state index < -0.39 is 11.8 Å². The van der Waals surface area contributed by atoms with Crippen LogP contribution < -0.4 is 21.0 Å². The van der Waals surface area contributed by atoms with Gasteiger partial charge in [0.25, 0.3) is 0 Å². The maximum atomic E-state index is 13.2. The largest absolute Gasteiger partial charge is 0.457 e. The van der Waals surface area contributed by atoms with Gasteiger partial charge >= 0.3 is 11.8 Å². The number of anilines is 1. The number of carbonyl (C=O) groups excluding carboxylic acids is 1. The first-order chi connectivity index (χ1) is 15.1. The zero-order valence-electron chi connectivity index (χ0n) is 16.3. The summed E-state index contributed by atoms with van der Waals surface area (Å²) >= 11 is 0. The number of imidazole rings is 1. The number of aromatic nitrogens is 4. The monoisotopic (exact) mass is 418 g/mol. The van der Waals surface area contributed by atoms with E-state index in [0.29, 0.717) is 30.3 Å². The lowest BCUT2D eigenvalue weighted by molar-refractivity contribution is 0.0724. The van der Waals surface area contributed by atoms with E-state index in [1.807, 2.05) is 30.3 Å². The Balaban J connectivity index is 1.54. The van der Waals surface area contributed by atoms with Gasteiger partial charge in [0.2, 0.25) is 5.65 Å². The van der Waals surface area contributed by atoms with Crippen molar-refractivity contribution in [1.29, 1.82) is 0 Å². The molecule has 0 aliphatic carbocycles. The Kier molecular flexibility index (Phi) is 4.51. The van der Waals surface area contributed by atoms with Crippen molar-refractivity contribution in [2.24, 2.45) is 0 Å². The standard InChI is InChI=1S/C21H18N6O4/c22-18-17-19(24-13-23-18)27(31-21(29)25-11-4-12-25)20(28)26(17)14-7-9-16(10-8-14)30-15-5-2-1-3-6-15/h1-3,5-10,13H,4,11-12H2,(H2,22,23,24). The van der Waals surface area contributed by atoms with Crippen LogP contribution in [0.2, 0.25) is 0 Å². The van der Waals surface area contributed by atoms with Crippen LogP contribution in [0, 0.1) is 0 Å². The molecule has 5 rings (SSSR count). The molecule has 4 aromatic rings. The molecule has 10 nitrogen and oxygen atoms in total. The number of nitrogens with zero attached hydrogens (tertiary/aromatic N) is 5. The highest BCUT2D eigenvalue weighted by Crippen LogP contribution is 2.24. The van der Waals surface area contributed by atoms with Gasteiger partial charge in [-0.25, -0.2) is 19.6 Å². The number of ether oxygens (including phenoxy) is 1. The molecule has 0 radical (unpaired) electrons. The second-order valence-corrected chi connectivity index (χ2v) is 6.95. The second kappa shape index (κ2) is 7.48. The van der Waals surface area contributed by atoms with Gasteiger partial charge in [0.05, 0.1) is 5.69 Å². The molecule has 156 valence electrons. The van der Waals surface area contributed by atoms with Crippen LogP contribution in [-0.4, -0.2) is 43.3 Å². The first-order valence-corrected chi connectivity index (χ1v) is 9.66. The minimum atomic E-state index is -0.618. The molecule has 2 N–H and O–H groups in total. The first-order valence-electron chi connectivity index (χ1n) is 9.66. The summed E-state index contributed by atoms with van der Waals surface area (Å²) in [6.07, 6.45) is 1.50. The minimum Gasteiger partial charge on any atom is -0.457 e. The highest BCUT2D eigenvalue weighted by atomic mass is 16.7. The van der Waals surface area contributed by atoms with Gasteiger partial charge in [-0.1, -0.05) is 22.9 Å². The number of carbonyl (C=O) groups is 1. The molecule has 2 aromatic carbocycles. The van der Waals surface area contributed by atoms with Gasteiger partial charge in [0.1, 0.15) is 23.3 Å². The molecular weight excluding hydrogens is 400 g/mol. The third-order valence-corrected chi connectivity index (χ3v) is 4.97. The smallest absolute Gasteiger partial charge is 0.434 e. The highest BCUT2D eigenvalue weighted by Gasteiger charge is 2.26. The van der Waals surface area contributed by atoms with Gasteiger partial charge in [-0.2, -0.15) is 0 Å². The van der Waals surface area contributed by atoms with Crippen molar-refractivity contribution in [2.45, 2.75) is 6.42 Å². The van der Waals surface area contributed by atoms with E-state index in [1.54, 1.807) is 24.3 Å². The lowest BCUT2D eigenvalue weighted by Gasteiger charge is -2.29. The van der Waals surface area contributed by atoms with E-state index in [9.17, 15) is 9.59 Å². The number of hydrogen-bond acceptors (Lipinski definition) is 7. The normalized spacial score (nSPS) is 13.1. The predicted octanol–water partition coefficient (Wildman–Crippen LogP) is 2.21. The van der Waals surface area contributed by atoms with Crippen LogP contribution in [0.3, 0.4) is 0 Å². The lowest BCUT2D eigenvalue weighted by Crippen LogP contribution is -2.47. The van der Waals surface area contributed by atoms with E-state index in [1.165, 1.54) is 15.8 Å². The van der Waals surface area contributed by atoms with Crippen LogP contribution in [0.4, 0.5) is 10.6 Å². The summed E-state index contributed by atoms with van der Waals surface area (Å²) < 4.78 is 7.95. The summed E-state index contributed by atoms with van der Waals surface area (Å²) in [5, 5.41) is 0. The van der Waals surface area contributed by atoms with Crippen molar-refractivity contribution in [2.75, 3.05) is 18.8 Å². The van der Waals surface area contributed by atoms with Crippen LogP contribution >= 0.6 is 0 Å². The van der Waals surface area contributed by atoms with Gasteiger partial charge in [0.15, 0.2) is 5.82 Å². The second-order valence-electron chi connectivity index (χ2n) is 6.95. The van der Waals surface area contributed by atoms with E-state index in [4.69, 9.17) is 15.3 Å². The van der Waals surface area contributed by atoms with Gasteiger partial charge in [-0.3, -0.25) is 4.57 Å². The number of nitrogens with two attached hydrogens (primary N) is 1. The van der Waals surface area contributed by atoms with E-state index in [2.05, 4.69) is 9.97 Å². The molecule has 1 amide bonds. The number of hydrogen-bond donors (Lipinski definition) is 1. The van der Waals surface area contributed by atoms with Gasteiger partial charge < -0.3 is 20.2 Å². The molecule has 1 aliphatic rings. The molecule has 1 saturated heterocycles. The maximum Gasteiger partial charge on any atom is 0.434 e. The quantitative estimate of drug-likeness (QED) is 0.540.